The Morgan fingerprint density at radius 1 is 1.40 bits per heavy atom. The Morgan fingerprint density at radius 3 is 2.50 bits per heavy atom. The summed E-state index contributed by atoms with van der Waals surface area (Å²) in [7, 11) is 1.09. The summed E-state index contributed by atoms with van der Waals surface area (Å²) in [5.41, 5.74) is -0.584. The highest BCUT2D eigenvalue weighted by Gasteiger charge is 2.35. The second kappa shape index (κ2) is 6.14. The van der Waals surface area contributed by atoms with E-state index in [0.29, 0.717) is 0 Å². The van der Waals surface area contributed by atoms with Crippen LogP contribution in [0.5, 0.6) is 11.5 Å². The smallest absolute Gasteiger partial charge is 0.493 e. The van der Waals surface area contributed by atoms with Crippen LogP contribution < -0.4 is 9.47 Å². The second-order valence-electron chi connectivity index (χ2n) is 3.44. The fourth-order valence-corrected chi connectivity index (χ4v) is 1.40. The normalized spacial score (nSPS) is 10.6. The van der Waals surface area contributed by atoms with Crippen LogP contribution >= 0.6 is 0 Å². The van der Waals surface area contributed by atoms with Crippen molar-refractivity contribution in [2.24, 2.45) is 0 Å². The van der Waals surface area contributed by atoms with Crippen LogP contribution in [-0.4, -0.2) is 26.0 Å². The molecule has 108 valence electrons. The Bertz CT molecular complexity index is 549. The molecule has 0 unspecified atom stereocenters. The maximum absolute atomic E-state index is 12.4. The average molecular weight is 289 g/mol. The van der Waals surface area contributed by atoms with Crippen molar-refractivity contribution in [2.45, 2.75) is 13.3 Å². The van der Waals surface area contributed by atoms with Gasteiger partial charge in [0.25, 0.3) is 0 Å². The van der Waals surface area contributed by atoms with Crippen molar-refractivity contribution in [2.75, 3.05) is 13.7 Å². The van der Waals surface area contributed by atoms with E-state index >= 15 is 0 Å². The predicted octanol–water partition coefficient (Wildman–Crippen LogP) is 2.64. The monoisotopic (exact) mass is 289 g/mol. The molecule has 0 saturated carbocycles. The van der Waals surface area contributed by atoms with Gasteiger partial charge < -0.3 is 14.2 Å². The number of nitriles is 1. The number of alkyl halides is 3. The van der Waals surface area contributed by atoms with Gasteiger partial charge in [0, 0.05) is 6.07 Å². The summed E-state index contributed by atoms with van der Waals surface area (Å²) in [5.74, 6) is -2.26. The molecule has 20 heavy (non-hydrogen) atoms. The van der Waals surface area contributed by atoms with Crippen LogP contribution in [0.4, 0.5) is 13.2 Å². The van der Waals surface area contributed by atoms with Gasteiger partial charge in [-0.15, -0.1) is 13.2 Å². The number of halogens is 3. The maximum atomic E-state index is 12.4. The van der Waals surface area contributed by atoms with Gasteiger partial charge in [-0.1, -0.05) is 0 Å². The van der Waals surface area contributed by atoms with Gasteiger partial charge in [0.05, 0.1) is 25.3 Å². The number of methoxy groups -OCH3 is 1. The number of ether oxygens (including phenoxy) is 3. The molecule has 0 aromatic heterocycles. The number of rotatable bonds is 4. The van der Waals surface area contributed by atoms with Crippen LogP contribution in [0.2, 0.25) is 0 Å². The topological polar surface area (TPSA) is 68.6 Å². The van der Waals surface area contributed by atoms with Crippen molar-refractivity contribution in [3.05, 3.63) is 23.3 Å². The first-order chi connectivity index (χ1) is 9.32. The molecule has 0 saturated heterocycles. The predicted molar refractivity (Wildman–Crippen MR) is 60.3 cm³/mol. The van der Waals surface area contributed by atoms with E-state index in [4.69, 9.17) is 10.00 Å². The first-order valence-electron chi connectivity index (χ1n) is 5.37. The number of esters is 1. The summed E-state index contributed by atoms with van der Waals surface area (Å²) in [6, 6.07) is 3.68. The average Bonchev–Trinajstić information content (AvgIpc) is 2.37. The van der Waals surface area contributed by atoms with Gasteiger partial charge in [-0.25, -0.2) is 4.79 Å². The minimum absolute atomic E-state index is 0.0383. The molecule has 0 atom stereocenters. The molecule has 0 radical (unpaired) electrons. The summed E-state index contributed by atoms with van der Waals surface area (Å²) >= 11 is 0. The molecule has 0 spiro atoms. The Kier molecular flexibility index (Phi) is 4.80. The molecule has 0 aliphatic rings. The van der Waals surface area contributed by atoms with Gasteiger partial charge in [-0.3, -0.25) is 0 Å². The molecular weight excluding hydrogens is 279 g/mol. The molecule has 1 aromatic rings. The summed E-state index contributed by atoms with van der Waals surface area (Å²) in [5, 5.41) is 8.80. The maximum Gasteiger partial charge on any atom is 0.573 e. The van der Waals surface area contributed by atoms with Gasteiger partial charge in [-0.05, 0) is 13.0 Å². The Labute approximate surface area is 112 Å². The lowest BCUT2D eigenvalue weighted by atomic mass is 10.1. The quantitative estimate of drug-likeness (QED) is 0.797. The molecule has 1 rings (SSSR count). The third-order valence-corrected chi connectivity index (χ3v) is 2.12. The summed E-state index contributed by atoms with van der Waals surface area (Å²) in [4.78, 5) is 11.7. The fraction of sp³-hybridized carbons (Fsp3) is 0.333. The van der Waals surface area contributed by atoms with Crippen molar-refractivity contribution < 1.29 is 32.2 Å². The van der Waals surface area contributed by atoms with Crippen molar-refractivity contribution in [1.82, 2.24) is 0 Å². The molecule has 0 fully saturated rings. The molecular formula is C12H10F3NO4. The number of carbonyl (C=O) groups is 1. The SMILES string of the molecule is CCOC(=O)c1cc(C#N)cc(OC)c1OC(F)(F)F. The second-order valence-corrected chi connectivity index (χ2v) is 3.44. The first kappa shape index (κ1) is 15.6. The zero-order valence-electron chi connectivity index (χ0n) is 10.6. The van der Waals surface area contributed by atoms with Crippen LogP contribution in [0, 0.1) is 11.3 Å². The van der Waals surface area contributed by atoms with Crippen molar-refractivity contribution in [3.63, 3.8) is 0 Å². The van der Waals surface area contributed by atoms with Crippen LogP contribution in [0.3, 0.4) is 0 Å². The molecule has 5 nitrogen and oxygen atoms in total. The summed E-state index contributed by atoms with van der Waals surface area (Å²) in [6.07, 6.45) is -5.01. The Hall–Kier alpha value is -2.43. The molecule has 0 amide bonds. The zero-order chi connectivity index (χ0) is 15.3. The molecule has 0 aliphatic heterocycles. The van der Waals surface area contributed by atoms with E-state index in [9.17, 15) is 18.0 Å². The zero-order valence-corrected chi connectivity index (χ0v) is 10.6. The van der Waals surface area contributed by atoms with Gasteiger partial charge in [0.15, 0.2) is 11.5 Å². The number of carbonyl (C=O) groups excluding carboxylic acids is 1. The van der Waals surface area contributed by atoms with E-state index in [2.05, 4.69) is 9.47 Å². The lowest BCUT2D eigenvalue weighted by molar-refractivity contribution is -0.275. The van der Waals surface area contributed by atoms with E-state index in [1.807, 2.05) is 0 Å². The molecule has 1 aromatic carbocycles. The number of benzene rings is 1. The highest BCUT2D eigenvalue weighted by Crippen LogP contribution is 2.37. The largest absolute Gasteiger partial charge is 0.573 e. The minimum Gasteiger partial charge on any atom is -0.493 e. The highest BCUT2D eigenvalue weighted by atomic mass is 19.4. The lowest BCUT2D eigenvalue weighted by Crippen LogP contribution is -2.20. The molecule has 0 N–H and O–H groups in total. The van der Waals surface area contributed by atoms with Crippen molar-refractivity contribution in [3.8, 4) is 17.6 Å². The third kappa shape index (κ3) is 3.78. The van der Waals surface area contributed by atoms with E-state index in [1.165, 1.54) is 6.92 Å². The standard InChI is InChI=1S/C12H10F3NO4/c1-3-19-11(17)8-4-7(6-16)5-9(18-2)10(8)20-12(13,14)15/h4-5H,3H2,1-2H3. The lowest BCUT2D eigenvalue weighted by Gasteiger charge is -2.16. The number of hydrogen-bond donors (Lipinski definition) is 0. The fourth-order valence-electron chi connectivity index (χ4n) is 1.40. The van der Waals surface area contributed by atoms with Crippen LogP contribution in [0.25, 0.3) is 0 Å². The van der Waals surface area contributed by atoms with Crippen LogP contribution in [0.1, 0.15) is 22.8 Å². The first-order valence-corrected chi connectivity index (χ1v) is 5.37. The van der Waals surface area contributed by atoms with Crippen LogP contribution in [-0.2, 0) is 4.74 Å². The van der Waals surface area contributed by atoms with E-state index < -0.39 is 23.6 Å². The molecule has 0 aliphatic carbocycles. The minimum atomic E-state index is -5.01. The van der Waals surface area contributed by atoms with Crippen molar-refractivity contribution >= 4 is 5.97 Å². The third-order valence-electron chi connectivity index (χ3n) is 2.12. The Morgan fingerprint density at radius 2 is 2.05 bits per heavy atom. The van der Waals surface area contributed by atoms with Gasteiger partial charge in [0.2, 0.25) is 0 Å². The number of nitrogens with zero attached hydrogens (tertiary/aromatic N) is 1. The van der Waals surface area contributed by atoms with Crippen molar-refractivity contribution in [1.29, 1.82) is 5.26 Å². The molecule has 0 heterocycles. The van der Waals surface area contributed by atoms with E-state index in [1.54, 1.807) is 6.07 Å². The van der Waals surface area contributed by atoms with Gasteiger partial charge >= 0.3 is 12.3 Å². The highest BCUT2D eigenvalue weighted by molar-refractivity contribution is 5.94. The van der Waals surface area contributed by atoms with E-state index in [0.717, 1.165) is 19.2 Å². The van der Waals surface area contributed by atoms with Crippen LogP contribution in [0.15, 0.2) is 12.1 Å². The number of hydrogen-bond acceptors (Lipinski definition) is 5. The summed E-state index contributed by atoms with van der Waals surface area (Å²) in [6.45, 7) is 1.46. The molecule has 0 bridgehead atoms. The summed E-state index contributed by atoms with van der Waals surface area (Å²) < 4.78 is 50.3. The Balaban J connectivity index is 3.43. The van der Waals surface area contributed by atoms with Gasteiger partial charge in [-0.2, -0.15) is 5.26 Å². The van der Waals surface area contributed by atoms with E-state index in [-0.39, 0.29) is 17.9 Å². The van der Waals surface area contributed by atoms with Gasteiger partial charge in [0.1, 0.15) is 5.56 Å². The molecule has 8 heteroatoms.